The summed E-state index contributed by atoms with van der Waals surface area (Å²) in [4.78, 5) is 19.0. The van der Waals surface area contributed by atoms with Crippen LogP contribution >= 0.6 is 0 Å². The van der Waals surface area contributed by atoms with Gasteiger partial charge in [0.05, 0.1) is 11.4 Å². The molecule has 2 aromatic rings. The van der Waals surface area contributed by atoms with Gasteiger partial charge in [-0.15, -0.1) is 0 Å². The molecule has 124 valence electrons. The van der Waals surface area contributed by atoms with Gasteiger partial charge in [0.15, 0.2) is 0 Å². The third-order valence-corrected chi connectivity index (χ3v) is 4.71. The van der Waals surface area contributed by atoms with Gasteiger partial charge < -0.3 is 14.0 Å². The van der Waals surface area contributed by atoms with Crippen LogP contribution in [0.1, 0.15) is 47.3 Å². The van der Waals surface area contributed by atoms with E-state index in [1.165, 1.54) is 0 Å². The first-order valence-corrected chi connectivity index (χ1v) is 8.15. The molecule has 0 spiro atoms. The van der Waals surface area contributed by atoms with Gasteiger partial charge in [-0.3, -0.25) is 4.79 Å². The minimum absolute atomic E-state index is 0.207. The molecule has 1 atom stereocenters. The van der Waals surface area contributed by atoms with Gasteiger partial charge in [-0.25, -0.2) is 4.98 Å². The number of hydrogen-bond donors (Lipinski definition) is 0. The molecule has 0 aromatic carbocycles. The normalized spacial score (nSPS) is 17.9. The maximum absolute atomic E-state index is 12.5. The smallest absolute Gasteiger partial charge is 0.222 e. The average Bonchev–Trinajstić information content (AvgIpc) is 3.18. The van der Waals surface area contributed by atoms with Crippen LogP contribution in [0.3, 0.4) is 0 Å². The highest BCUT2D eigenvalue weighted by Crippen LogP contribution is 2.27. The highest BCUT2D eigenvalue weighted by molar-refractivity contribution is 5.77. The number of aryl methyl sites for hydroxylation is 4. The molecule has 1 fully saturated rings. The maximum atomic E-state index is 12.5. The Kier molecular flexibility index (Phi) is 4.24. The van der Waals surface area contributed by atoms with E-state index in [1.54, 1.807) is 0 Å². The van der Waals surface area contributed by atoms with Crippen molar-refractivity contribution in [3.05, 3.63) is 34.7 Å². The Morgan fingerprint density at radius 2 is 2.17 bits per heavy atom. The molecule has 0 aliphatic carbocycles. The fourth-order valence-corrected chi connectivity index (χ4v) is 3.46. The summed E-state index contributed by atoms with van der Waals surface area (Å²) in [7, 11) is 2.03. The van der Waals surface area contributed by atoms with Crippen molar-refractivity contribution in [1.82, 2.24) is 19.6 Å². The Hall–Kier alpha value is -2.11. The third-order valence-electron chi connectivity index (χ3n) is 4.71. The zero-order valence-corrected chi connectivity index (χ0v) is 14.3. The summed E-state index contributed by atoms with van der Waals surface area (Å²) in [6, 6.07) is 0. The number of rotatable bonds is 4. The lowest BCUT2D eigenvalue weighted by Gasteiger charge is -2.16. The predicted octanol–water partition coefficient (Wildman–Crippen LogP) is 2.28. The second-order valence-electron chi connectivity index (χ2n) is 6.48. The number of imidazole rings is 1. The first-order chi connectivity index (χ1) is 11.0. The number of amides is 1. The van der Waals surface area contributed by atoms with Crippen LogP contribution in [0.25, 0.3) is 0 Å². The predicted molar refractivity (Wildman–Crippen MR) is 86.2 cm³/mol. The Morgan fingerprint density at radius 3 is 2.78 bits per heavy atom. The van der Waals surface area contributed by atoms with Crippen molar-refractivity contribution < 1.29 is 9.32 Å². The van der Waals surface area contributed by atoms with Crippen LogP contribution in [0, 0.1) is 20.8 Å². The minimum atomic E-state index is 0.207. The fourth-order valence-electron chi connectivity index (χ4n) is 3.46. The Labute approximate surface area is 136 Å². The Bertz CT molecular complexity index is 697. The van der Waals surface area contributed by atoms with E-state index in [9.17, 15) is 4.79 Å². The van der Waals surface area contributed by atoms with E-state index in [1.807, 2.05) is 38.9 Å². The molecule has 6 nitrogen and oxygen atoms in total. The van der Waals surface area contributed by atoms with E-state index >= 15 is 0 Å². The van der Waals surface area contributed by atoms with Gasteiger partial charge in [-0.05, 0) is 33.6 Å². The molecule has 23 heavy (non-hydrogen) atoms. The summed E-state index contributed by atoms with van der Waals surface area (Å²) in [6.07, 6.45) is 4.23. The van der Waals surface area contributed by atoms with Crippen molar-refractivity contribution in [2.45, 2.75) is 46.0 Å². The van der Waals surface area contributed by atoms with E-state index in [0.29, 0.717) is 18.8 Å². The summed E-state index contributed by atoms with van der Waals surface area (Å²) in [5.41, 5.74) is 2.98. The highest BCUT2D eigenvalue weighted by Gasteiger charge is 2.29. The van der Waals surface area contributed by atoms with Crippen LogP contribution in [0.2, 0.25) is 0 Å². The Morgan fingerprint density at radius 1 is 1.39 bits per heavy atom. The van der Waals surface area contributed by atoms with Gasteiger partial charge in [0.25, 0.3) is 0 Å². The zero-order chi connectivity index (χ0) is 16.6. The van der Waals surface area contributed by atoms with Gasteiger partial charge in [-0.1, -0.05) is 5.16 Å². The molecule has 0 bridgehead atoms. The number of hydrogen-bond acceptors (Lipinski definition) is 4. The largest absolute Gasteiger partial charge is 0.361 e. The summed E-state index contributed by atoms with van der Waals surface area (Å²) in [5, 5.41) is 3.94. The molecule has 2 aromatic heterocycles. The van der Waals surface area contributed by atoms with Crippen molar-refractivity contribution in [2.24, 2.45) is 7.05 Å². The van der Waals surface area contributed by atoms with Crippen LogP contribution in [0.4, 0.5) is 0 Å². The standard InChI is InChI=1S/C17H24N4O2/c1-11-9-20(4)17(18-11)14-7-8-21(10-14)16(22)6-5-15-12(2)19-23-13(15)3/h9,14H,5-8,10H2,1-4H3/t14-/m0/s1. The molecule has 3 rings (SSSR count). The molecule has 0 radical (unpaired) electrons. The molecule has 1 amide bonds. The van der Waals surface area contributed by atoms with Crippen LogP contribution in [-0.2, 0) is 18.3 Å². The van der Waals surface area contributed by atoms with Crippen molar-refractivity contribution in [2.75, 3.05) is 13.1 Å². The van der Waals surface area contributed by atoms with Crippen molar-refractivity contribution in [3.63, 3.8) is 0 Å². The molecule has 1 aliphatic rings. The first kappa shape index (κ1) is 15.8. The first-order valence-electron chi connectivity index (χ1n) is 8.15. The Balaban J connectivity index is 1.58. The van der Waals surface area contributed by atoms with E-state index in [2.05, 4.69) is 14.7 Å². The lowest BCUT2D eigenvalue weighted by molar-refractivity contribution is -0.130. The minimum Gasteiger partial charge on any atom is -0.361 e. The monoisotopic (exact) mass is 316 g/mol. The molecule has 0 N–H and O–H groups in total. The van der Waals surface area contributed by atoms with E-state index in [-0.39, 0.29) is 5.91 Å². The third kappa shape index (κ3) is 3.16. The number of carbonyl (C=O) groups excluding carboxylic acids is 1. The topological polar surface area (TPSA) is 64.2 Å². The van der Waals surface area contributed by atoms with E-state index < -0.39 is 0 Å². The fraction of sp³-hybridized carbons (Fsp3) is 0.588. The van der Waals surface area contributed by atoms with Gasteiger partial charge >= 0.3 is 0 Å². The number of aromatic nitrogens is 3. The van der Waals surface area contributed by atoms with E-state index in [4.69, 9.17) is 4.52 Å². The summed E-state index contributed by atoms with van der Waals surface area (Å²) < 4.78 is 7.24. The second kappa shape index (κ2) is 6.18. The van der Waals surface area contributed by atoms with Crippen molar-refractivity contribution in [3.8, 4) is 0 Å². The van der Waals surface area contributed by atoms with Gasteiger partial charge in [0.2, 0.25) is 5.91 Å². The maximum Gasteiger partial charge on any atom is 0.222 e. The number of nitrogens with zero attached hydrogens (tertiary/aromatic N) is 4. The van der Waals surface area contributed by atoms with Crippen molar-refractivity contribution >= 4 is 5.91 Å². The summed E-state index contributed by atoms with van der Waals surface area (Å²) in [6.45, 7) is 7.41. The van der Waals surface area contributed by atoms with Crippen LogP contribution < -0.4 is 0 Å². The van der Waals surface area contributed by atoms with E-state index in [0.717, 1.165) is 48.0 Å². The molecule has 1 saturated heterocycles. The highest BCUT2D eigenvalue weighted by atomic mass is 16.5. The molecular weight excluding hydrogens is 292 g/mol. The SMILES string of the molecule is Cc1cn(C)c([C@H]2CCN(C(=O)CCc3c(C)noc3C)C2)n1. The van der Waals surface area contributed by atoms with Gasteiger partial charge in [0.1, 0.15) is 11.6 Å². The van der Waals surface area contributed by atoms with Crippen LogP contribution in [-0.4, -0.2) is 38.6 Å². The average molecular weight is 316 g/mol. The van der Waals surface area contributed by atoms with Crippen molar-refractivity contribution in [1.29, 1.82) is 0 Å². The molecule has 3 heterocycles. The van der Waals surface area contributed by atoms with Gasteiger partial charge in [0, 0.05) is 44.2 Å². The molecule has 6 heteroatoms. The summed E-state index contributed by atoms with van der Waals surface area (Å²) >= 11 is 0. The van der Waals surface area contributed by atoms with Crippen LogP contribution in [0.15, 0.2) is 10.7 Å². The molecule has 1 aliphatic heterocycles. The van der Waals surface area contributed by atoms with Crippen LogP contribution in [0.5, 0.6) is 0 Å². The quantitative estimate of drug-likeness (QED) is 0.868. The number of carbonyl (C=O) groups is 1. The molecular formula is C17H24N4O2. The molecule has 0 saturated carbocycles. The molecule has 0 unspecified atom stereocenters. The lowest BCUT2D eigenvalue weighted by atomic mass is 10.1. The zero-order valence-electron chi connectivity index (χ0n) is 14.3. The second-order valence-corrected chi connectivity index (χ2v) is 6.48. The van der Waals surface area contributed by atoms with Gasteiger partial charge in [-0.2, -0.15) is 0 Å². The lowest BCUT2D eigenvalue weighted by Crippen LogP contribution is -2.29. The summed E-state index contributed by atoms with van der Waals surface area (Å²) in [5.74, 6) is 2.46. The number of likely N-dealkylation sites (tertiary alicyclic amines) is 1.